The van der Waals surface area contributed by atoms with E-state index in [0.29, 0.717) is 5.92 Å². The third-order valence-corrected chi connectivity index (χ3v) is 4.62. The highest BCUT2D eigenvalue weighted by Crippen LogP contribution is 2.21. The molecule has 1 aliphatic rings. The molecule has 0 unspecified atom stereocenters. The molecule has 0 radical (unpaired) electrons. The monoisotopic (exact) mass is 328 g/mol. The van der Waals surface area contributed by atoms with Gasteiger partial charge in [-0.2, -0.15) is 0 Å². The highest BCUT2D eigenvalue weighted by Gasteiger charge is 2.24. The van der Waals surface area contributed by atoms with Crippen LogP contribution in [0.3, 0.4) is 0 Å². The number of carbonyl (C=O) groups excluding carboxylic acids is 1. The van der Waals surface area contributed by atoms with E-state index in [9.17, 15) is 4.79 Å². The Morgan fingerprint density at radius 1 is 1.42 bits per heavy atom. The van der Waals surface area contributed by atoms with Crippen molar-refractivity contribution in [1.82, 2.24) is 30.0 Å². The number of likely N-dealkylation sites (tertiary alicyclic amines) is 1. The van der Waals surface area contributed by atoms with Crippen LogP contribution in [0.4, 0.5) is 4.79 Å². The van der Waals surface area contributed by atoms with E-state index in [-0.39, 0.29) is 12.1 Å². The van der Waals surface area contributed by atoms with Gasteiger partial charge in [0.25, 0.3) is 0 Å². The van der Waals surface area contributed by atoms with Crippen LogP contribution < -0.4 is 5.32 Å². The lowest BCUT2D eigenvalue weighted by molar-refractivity contribution is 0.167. The first-order chi connectivity index (χ1) is 11.6. The van der Waals surface area contributed by atoms with Crippen molar-refractivity contribution in [2.24, 2.45) is 13.0 Å². The van der Waals surface area contributed by atoms with Gasteiger partial charge in [0.05, 0.1) is 6.04 Å². The third kappa shape index (κ3) is 3.90. The Morgan fingerprint density at radius 3 is 2.83 bits per heavy atom. The zero-order chi connectivity index (χ0) is 16.9. The lowest BCUT2D eigenvalue weighted by Crippen LogP contribution is -2.45. The van der Waals surface area contributed by atoms with Crippen molar-refractivity contribution < 1.29 is 4.79 Å². The summed E-state index contributed by atoms with van der Waals surface area (Å²) in [5.74, 6) is 1.38. The summed E-state index contributed by atoms with van der Waals surface area (Å²) in [6.07, 6.45) is 8.47. The smallest absolute Gasteiger partial charge is 0.317 e. The summed E-state index contributed by atoms with van der Waals surface area (Å²) in [4.78, 5) is 18.5. The summed E-state index contributed by atoms with van der Waals surface area (Å²) in [5.41, 5.74) is 1.27. The number of piperidine rings is 1. The highest BCUT2D eigenvalue weighted by atomic mass is 16.2. The van der Waals surface area contributed by atoms with Gasteiger partial charge in [-0.05, 0) is 43.7 Å². The first-order valence-electron chi connectivity index (χ1n) is 8.41. The number of pyridine rings is 1. The molecule has 2 amide bonds. The summed E-state index contributed by atoms with van der Waals surface area (Å²) < 4.78 is 1.82. The predicted octanol–water partition coefficient (Wildman–Crippen LogP) is 1.94. The first-order valence-corrected chi connectivity index (χ1v) is 8.41. The summed E-state index contributed by atoms with van der Waals surface area (Å²) in [7, 11) is 1.88. The van der Waals surface area contributed by atoms with Gasteiger partial charge in [-0.1, -0.05) is 6.07 Å². The molecule has 2 aromatic rings. The summed E-state index contributed by atoms with van der Waals surface area (Å²) in [5, 5.41) is 10.9. The minimum absolute atomic E-state index is 0.0228. The fourth-order valence-corrected chi connectivity index (χ4v) is 3.22. The molecule has 0 bridgehead atoms. The lowest BCUT2D eigenvalue weighted by Gasteiger charge is -2.32. The zero-order valence-electron chi connectivity index (χ0n) is 14.2. The molecule has 128 valence electrons. The number of aryl methyl sites for hydroxylation is 1. The second-order valence-corrected chi connectivity index (χ2v) is 6.47. The van der Waals surface area contributed by atoms with E-state index in [1.54, 1.807) is 12.5 Å². The highest BCUT2D eigenvalue weighted by molar-refractivity contribution is 5.74. The van der Waals surface area contributed by atoms with Crippen LogP contribution in [0.25, 0.3) is 0 Å². The molecular formula is C17H24N6O. The van der Waals surface area contributed by atoms with Crippen molar-refractivity contribution in [1.29, 1.82) is 0 Å². The van der Waals surface area contributed by atoms with Crippen LogP contribution in [0.5, 0.6) is 0 Å². The number of aromatic nitrogens is 4. The van der Waals surface area contributed by atoms with Crippen LogP contribution in [0.15, 0.2) is 30.9 Å². The van der Waals surface area contributed by atoms with Gasteiger partial charge < -0.3 is 14.8 Å². The first kappa shape index (κ1) is 16.4. The van der Waals surface area contributed by atoms with Gasteiger partial charge in [0.15, 0.2) is 5.82 Å². The second-order valence-electron chi connectivity index (χ2n) is 6.47. The SMILES string of the molecule is C[C@H](NC(=O)N1CCC(Cc2cccnc2)CC1)c1nncn1C. The Morgan fingerprint density at radius 2 is 2.21 bits per heavy atom. The van der Waals surface area contributed by atoms with Crippen molar-refractivity contribution in [3.8, 4) is 0 Å². The molecule has 2 aromatic heterocycles. The van der Waals surface area contributed by atoms with Gasteiger partial charge in [-0.3, -0.25) is 4.98 Å². The Kier molecular flexibility index (Phi) is 5.08. The van der Waals surface area contributed by atoms with Crippen molar-refractivity contribution in [3.63, 3.8) is 0 Å². The minimum Gasteiger partial charge on any atom is -0.328 e. The molecule has 7 nitrogen and oxygen atoms in total. The molecule has 3 rings (SSSR count). The van der Waals surface area contributed by atoms with Gasteiger partial charge >= 0.3 is 6.03 Å². The molecule has 1 N–H and O–H groups in total. The van der Waals surface area contributed by atoms with Gasteiger partial charge in [-0.15, -0.1) is 10.2 Å². The number of rotatable bonds is 4. The molecule has 7 heteroatoms. The summed E-state index contributed by atoms with van der Waals surface area (Å²) in [6, 6.07) is 3.92. The fraction of sp³-hybridized carbons (Fsp3) is 0.529. The standard InChI is InChI=1S/C17H24N6O/c1-13(16-21-19-12-22(16)2)20-17(24)23-8-5-14(6-9-23)10-15-4-3-7-18-11-15/h3-4,7,11-14H,5-6,8-10H2,1-2H3,(H,20,24)/t13-/m0/s1. The minimum atomic E-state index is -0.155. The van der Waals surface area contributed by atoms with E-state index < -0.39 is 0 Å². The average molecular weight is 328 g/mol. The van der Waals surface area contributed by atoms with Crippen LogP contribution in [0.1, 0.15) is 37.2 Å². The van der Waals surface area contributed by atoms with Crippen LogP contribution in [-0.2, 0) is 13.5 Å². The Balaban J connectivity index is 1.47. The predicted molar refractivity (Wildman–Crippen MR) is 90.2 cm³/mol. The topological polar surface area (TPSA) is 75.9 Å². The number of hydrogen-bond acceptors (Lipinski definition) is 4. The lowest BCUT2D eigenvalue weighted by atomic mass is 9.91. The maximum Gasteiger partial charge on any atom is 0.317 e. The third-order valence-electron chi connectivity index (χ3n) is 4.62. The Bertz CT molecular complexity index is 663. The van der Waals surface area contributed by atoms with Gasteiger partial charge in [0, 0.05) is 32.5 Å². The van der Waals surface area contributed by atoms with Gasteiger partial charge in [0.2, 0.25) is 0 Å². The Labute approximate surface area is 142 Å². The second kappa shape index (κ2) is 7.42. The molecule has 1 atom stereocenters. The van der Waals surface area contributed by atoms with E-state index in [1.807, 2.05) is 35.7 Å². The molecule has 1 aliphatic heterocycles. The van der Waals surface area contributed by atoms with E-state index in [1.165, 1.54) is 5.56 Å². The van der Waals surface area contributed by atoms with Crippen LogP contribution in [-0.4, -0.2) is 43.8 Å². The van der Waals surface area contributed by atoms with Crippen molar-refractivity contribution in [2.45, 2.75) is 32.2 Å². The molecule has 24 heavy (non-hydrogen) atoms. The number of hydrogen-bond donors (Lipinski definition) is 1. The summed E-state index contributed by atoms with van der Waals surface area (Å²) in [6.45, 7) is 3.52. The van der Waals surface area contributed by atoms with E-state index >= 15 is 0 Å². The molecule has 0 aromatic carbocycles. The van der Waals surface area contributed by atoms with Crippen LogP contribution in [0.2, 0.25) is 0 Å². The van der Waals surface area contributed by atoms with Crippen LogP contribution >= 0.6 is 0 Å². The molecule has 0 aliphatic carbocycles. The van der Waals surface area contributed by atoms with E-state index in [0.717, 1.165) is 38.2 Å². The largest absolute Gasteiger partial charge is 0.328 e. The van der Waals surface area contributed by atoms with E-state index in [4.69, 9.17) is 0 Å². The number of carbonyl (C=O) groups is 1. The number of nitrogens with zero attached hydrogens (tertiary/aromatic N) is 5. The normalized spacial score (nSPS) is 16.8. The zero-order valence-corrected chi connectivity index (χ0v) is 14.2. The maximum absolute atomic E-state index is 12.4. The van der Waals surface area contributed by atoms with E-state index in [2.05, 4.69) is 26.6 Å². The maximum atomic E-state index is 12.4. The summed E-state index contributed by atoms with van der Waals surface area (Å²) >= 11 is 0. The molecule has 0 saturated carbocycles. The number of nitrogens with one attached hydrogen (secondary N) is 1. The quantitative estimate of drug-likeness (QED) is 0.930. The molecule has 0 spiro atoms. The fourth-order valence-electron chi connectivity index (χ4n) is 3.22. The number of amides is 2. The van der Waals surface area contributed by atoms with Crippen molar-refractivity contribution >= 4 is 6.03 Å². The van der Waals surface area contributed by atoms with Crippen molar-refractivity contribution in [2.75, 3.05) is 13.1 Å². The van der Waals surface area contributed by atoms with Gasteiger partial charge in [0.1, 0.15) is 6.33 Å². The Hall–Kier alpha value is -2.44. The van der Waals surface area contributed by atoms with Crippen molar-refractivity contribution in [3.05, 3.63) is 42.2 Å². The average Bonchev–Trinajstić information content (AvgIpc) is 3.02. The molecule has 1 saturated heterocycles. The van der Waals surface area contributed by atoms with Gasteiger partial charge in [-0.25, -0.2) is 4.79 Å². The van der Waals surface area contributed by atoms with Crippen LogP contribution in [0, 0.1) is 5.92 Å². The number of urea groups is 1. The molecular weight excluding hydrogens is 304 g/mol. The molecule has 1 fully saturated rings. The molecule has 3 heterocycles.